The second-order valence-corrected chi connectivity index (χ2v) is 6.00. The molecule has 0 amide bonds. The predicted molar refractivity (Wildman–Crippen MR) is 89.7 cm³/mol. The minimum absolute atomic E-state index is 0.104. The molecule has 0 radical (unpaired) electrons. The number of hydrogen-bond donors (Lipinski definition) is 1. The lowest BCUT2D eigenvalue weighted by atomic mass is 9.94. The van der Waals surface area contributed by atoms with Crippen molar-refractivity contribution in [1.82, 2.24) is 0 Å². The third kappa shape index (κ3) is 2.79. The number of rotatable bonds is 4. The largest absolute Gasteiger partial charge is 0.497 e. The van der Waals surface area contributed by atoms with Gasteiger partial charge in [-0.3, -0.25) is 0 Å². The van der Waals surface area contributed by atoms with E-state index in [0.717, 1.165) is 35.0 Å². The van der Waals surface area contributed by atoms with Crippen LogP contribution >= 0.6 is 11.6 Å². The van der Waals surface area contributed by atoms with Gasteiger partial charge in [-0.05, 0) is 42.3 Å². The summed E-state index contributed by atoms with van der Waals surface area (Å²) in [6, 6.07) is 16.0. The van der Waals surface area contributed by atoms with Crippen LogP contribution < -0.4 is 9.64 Å². The van der Waals surface area contributed by atoms with Gasteiger partial charge >= 0.3 is 0 Å². The zero-order valence-electron chi connectivity index (χ0n) is 12.6. The van der Waals surface area contributed by atoms with Crippen molar-refractivity contribution in [2.75, 3.05) is 25.2 Å². The van der Waals surface area contributed by atoms with Crippen molar-refractivity contribution >= 4 is 17.3 Å². The first-order valence-corrected chi connectivity index (χ1v) is 7.88. The number of ether oxygens (including phenoxy) is 1. The summed E-state index contributed by atoms with van der Waals surface area (Å²) in [6.45, 7) is 1.08. The molecule has 1 aliphatic rings. The second kappa shape index (κ2) is 6.59. The normalized spacial score (nSPS) is 21.1. The predicted octanol–water partition coefficient (Wildman–Crippen LogP) is 3.91. The Morgan fingerprint density at radius 1 is 1.18 bits per heavy atom. The minimum atomic E-state index is 0.104. The molecule has 4 heteroatoms. The molecule has 3 nitrogen and oxygen atoms in total. The van der Waals surface area contributed by atoms with Gasteiger partial charge in [0.05, 0.1) is 13.2 Å². The van der Waals surface area contributed by atoms with E-state index in [-0.39, 0.29) is 18.6 Å². The van der Waals surface area contributed by atoms with Crippen LogP contribution in [0.5, 0.6) is 5.75 Å². The highest BCUT2D eigenvalue weighted by molar-refractivity contribution is 6.31. The van der Waals surface area contributed by atoms with Gasteiger partial charge in [-0.2, -0.15) is 0 Å². The van der Waals surface area contributed by atoms with Crippen LogP contribution in [0.1, 0.15) is 18.0 Å². The highest BCUT2D eigenvalue weighted by Gasteiger charge is 2.36. The average molecular weight is 318 g/mol. The highest BCUT2D eigenvalue weighted by atomic mass is 35.5. The maximum Gasteiger partial charge on any atom is 0.119 e. The molecule has 0 unspecified atom stereocenters. The van der Waals surface area contributed by atoms with Crippen molar-refractivity contribution in [3.63, 3.8) is 0 Å². The van der Waals surface area contributed by atoms with Gasteiger partial charge in [0.15, 0.2) is 0 Å². The number of benzene rings is 2. The van der Waals surface area contributed by atoms with E-state index in [1.165, 1.54) is 0 Å². The lowest BCUT2D eigenvalue weighted by molar-refractivity contribution is 0.218. The lowest BCUT2D eigenvalue weighted by Crippen LogP contribution is -2.26. The van der Waals surface area contributed by atoms with Crippen molar-refractivity contribution in [2.45, 2.75) is 12.5 Å². The Labute approximate surface area is 136 Å². The number of hydrogen-bond acceptors (Lipinski definition) is 3. The van der Waals surface area contributed by atoms with Gasteiger partial charge in [-0.15, -0.1) is 0 Å². The number of nitrogens with zero attached hydrogens (tertiary/aromatic N) is 1. The van der Waals surface area contributed by atoms with Crippen LogP contribution in [0.3, 0.4) is 0 Å². The van der Waals surface area contributed by atoms with Crippen LogP contribution in [0.2, 0.25) is 5.02 Å². The van der Waals surface area contributed by atoms with Crippen molar-refractivity contribution in [3.8, 4) is 5.75 Å². The number of anilines is 1. The third-order valence-electron chi connectivity index (χ3n) is 4.39. The molecule has 2 aromatic rings. The summed E-state index contributed by atoms with van der Waals surface area (Å²) >= 11 is 6.40. The van der Waals surface area contributed by atoms with Gasteiger partial charge in [0.25, 0.3) is 0 Å². The topological polar surface area (TPSA) is 32.7 Å². The molecular formula is C18H20ClNO2. The van der Waals surface area contributed by atoms with Gasteiger partial charge in [-0.25, -0.2) is 0 Å². The molecule has 1 N–H and O–H groups in total. The molecule has 0 saturated carbocycles. The summed E-state index contributed by atoms with van der Waals surface area (Å²) in [7, 11) is 1.67. The van der Waals surface area contributed by atoms with Crippen LogP contribution in [0.4, 0.5) is 5.69 Å². The molecule has 1 aliphatic heterocycles. The summed E-state index contributed by atoms with van der Waals surface area (Å²) in [4.78, 5) is 2.32. The molecule has 0 spiro atoms. The Balaban J connectivity index is 1.97. The van der Waals surface area contributed by atoms with Crippen LogP contribution in [0.15, 0.2) is 48.5 Å². The first-order valence-electron chi connectivity index (χ1n) is 7.50. The third-order valence-corrected chi connectivity index (χ3v) is 4.73. The van der Waals surface area contributed by atoms with E-state index < -0.39 is 0 Å². The summed E-state index contributed by atoms with van der Waals surface area (Å²) in [6.07, 6.45) is 0.957. The van der Waals surface area contributed by atoms with Crippen LogP contribution in [0, 0.1) is 5.92 Å². The maximum absolute atomic E-state index is 9.75. The standard InChI is InChI=1S/C18H20ClNO2/c1-22-15-8-6-14(7-9-15)20-11-10-13(12-21)18(20)16-4-2-3-5-17(16)19/h2-9,13,18,21H,10-12H2,1H3/t13-,18+/m1/s1. The van der Waals surface area contributed by atoms with Crippen molar-refractivity contribution in [2.24, 2.45) is 5.92 Å². The summed E-state index contributed by atoms with van der Waals surface area (Å²) in [5.74, 6) is 1.04. The quantitative estimate of drug-likeness (QED) is 0.928. The van der Waals surface area contributed by atoms with E-state index in [1.54, 1.807) is 7.11 Å². The highest BCUT2D eigenvalue weighted by Crippen LogP contribution is 2.42. The number of halogens is 1. The Morgan fingerprint density at radius 3 is 2.55 bits per heavy atom. The SMILES string of the molecule is COc1ccc(N2CC[C@H](CO)[C@H]2c2ccccc2Cl)cc1. The Kier molecular flexibility index (Phi) is 4.55. The Bertz CT molecular complexity index is 629. The summed E-state index contributed by atoms with van der Waals surface area (Å²) in [5.41, 5.74) is 2.21. The van der Waals surface area contributed by atoms with Gasteiger partial charge in [0, 0.05) is 29.8 Å². The molecule has 0 aliphatic carbocycles. The molecule has 22 heavy (non-hydrogen) atoms. The first-order chi connectivity index (χ1) is 10.7. The zero-order chi connectivity index (χ0) is 15.5. The molecule has 116 valence electrons. The smallest absolute Gasteiger partial charge is 0.119 e. The van der Waals surface area contributed by atoms with E-state index in [2.05, 4.69) is 23.1 Å². The number of aliphatic hydroxyl groups excluding tert-OH is 1. The van der Waals surface area contributed by atoms with E-state index in [9.17, 15) is 5.11 Å². The van der Waals surface area contributed by atoms with Crippen LogP contribution in [-0.4, -0.2) is 25.4 Å². The van der Waals surface area contributed by atoms with Crippen molar-refractivity contribution in [1.29, 1.82) is 0 Å². The summed E-state index contributed by atoms with van der Waals surface area (Å²) in [5, 5.41) is 10.5. The van der Waals surface area contributed by atoms with E-state index in [0.29, 0.717) is 0 Å². The molecule has 2 aromatic carbocycles. The molecular weight excluding hydrogens is 298 g/mol. The molecule has 0 bridgehead atoms. The van der Waals surface area contributed by atoms with Crippen molar-refractivity contribution in [3.05, 3.63) is 59.1 Å². The molecule has 0 aromatic heterocycles. The monoisotopic (exact) mass is 317 g/mol. The average Bonchev–Trinajstić information content (AvgIpc) is 2.99. The van der Waals surface area contributed by atoms with Crippen LogP contribution in [-0.2, 0) is 0 Å². The Hall–Kier alpha value is -1.71. The van der Waals surface area contributed by atoms with Gasteiger partial charge in [0.1, 0.15) is 5.75 Å². The zero-order valence-corrected chi connectivity index (χ0v) is 13.3. The van der Waals surface area contributed by atoms with Crippen molar-refractivity contribution < 1.29 is 9.84 Å². The fraction of sp³-hybridized carbons (Fsp3) is 0.333. The lowest BCUT2D eigenvalue weighted by Gasteiger charge is -2.30. The fourth-order valence-corrected chi connectivity index (χ4v) is 3.50. The molecule has 1 heterocycles. The van der Waals surface area contributed by atoms with E-state index >= 15 is 0 Å². The maximum atomic E-state index is 9.75. The van der Waals surface area contributed by atoms with Crippen LogP contribution in [0.25, 0.3) is 0 Å². The number of aliphatic hydroxyl groups is 1. The Morgan fingerprint density at radius 2 is 1.91 bits per heavy atom. The molecule has 1 saturated heterocycles. The number of methoxy groups -OCH3 is 1. The first kappa shape index (κ1) is 15.2. The molecule has 2 atom stereocenters. The van der Waals surface area contributed by atoms with Gasteiger partial charge in [0.2, 0.25) is 0 Å². The van der Waals surface area contributed by atoms with E-state index in [1.807, 2.05) is 30.3 Å². The minimum Gasteiger partial charge on any atom is -0.497 e. The molecule has 1 fully saturated rings. The van der Waals surface area contributed by atoms with Gasteiger partial charge in [-0.1, -0.05) is 29.8 Å². The van der Waals surface area contributed by atoms with E-state index in [4.69, 9.17) is 16.3 Å². The molecule has 3 rings (SSSR count). The fourth-order valence-electron chi connectivity index (χ4n) is 3.25. The summed E-state index contributed by atoms with van der Waals surface area (Å²) < 4.78 is 5.23. The van der Waals surface area contributed by atoms with Gasteiger partial charge < -0.3 is 14.7 Å². The second-order valence-electron chi connectivity index (χ2n) is 5.59.